The molecule has 8 heteroatoms. The average molecular weight is 348 g/mol. The first-order valence-electron chi connectivity index (χ1n) is 6.77. The minimum atomic E-state index is -0.948. The number of hydrogen-bond acceptors (Lipinski definition) is 4. The fraction of sp³-hybridized carbons (Fsp3) is 0.0625. The van der Waals surface area contributed by atoms with Crippen LogP contribution < -0.4 is 21.1 Å². The summed E-state index contributed by atoms with van der Waals surface area (Å²) in [5.41, 5.74) is 5.79. The molecule has 0 aromatic heterocycles. The van der Waals surface area contributed by atoms with Crippen LogP contribution in [0.5, 0.6) is 5.75 Å². The van der Waals surface area contributed by atoms with E-state index in [1.54, 1.807) is 18.2 Å². The zero-order valence-electron chi connectivity index (χ0n) is 12.6. The molecular weight excluding hydrogens is 334 g/mol. The molecule has 0 aliphatic carbocycles. The molecule has 0 aliphatic rings. The van der Waals surface area contributed by atoms with Crippen molar-refractivity contribution in [2.75, 3.05) is 17.7 Å². The molecule has 0 aliphatic heterocycles. The number of benzene rings is 2. The second-order valence-corrected chi connectivity index (χ2v) is 5.07. The number of amides is 3. The van der Waals surface area contributed by atoms with Crippen LogP contribution in [0, 0.1) is 0 Å². The van der Waals surface area contributed by atoms with Crippen LogP contribution in [0.4, 0.5) is 11.4 Å². The van der Waals surface area contributed by atoms with Gasteiger partial charge in [0.25, 0.3) is 5.91 Å². The van der Waals surface area contributed by atoms with Crippen molar-refractivity contribution in [2.45, 2.75) is 0 Å². The largest absolute Gasteiger partial charge is 0.495 e. The van der Waals surface area contributed by atoms with Gasteiger partial charge in [0.15, 0.2) is 0 Å². The van der Waals surface area contributed by atoms with Crippen molar-refractivity contribution in [3.63, 3.8) is 0 Å². The van der Waals surface area contributed by atoms with Crippen molar-refractivity contribution in [2.24, 2.45) is 5.73 Å². The number of carbonyl (C=O) groups is 3. The first-order chi connectivity index (χ1) is 11.4. The minimum absolute atomic E-state index is 0.103. The lowest BCUT2D eigenvalue weighted by atomic mass is 10.1. The van der Waals surface area contributed by atoms with E-state index in [-0.39, 0.29) is 16.3 Å². The number of halogens is 1. The van der Waals surface area contributed by atoms with Gasteiger partial charge in [-0.05, 0) is 30.3 Å². The molecule has 2 aromatic rings. The molecule has 0 atom stereocenters. The van der Waals surface area contributed by atoms with E-state index in [1.807, 2.05) is 0 Å². The highest BCUT2D eigenvalue weighted by molar-refractivity contribution is 6.44. The van der Waals surface area contributed by atoms with Crippen LogP contribution in [-0.2, 0) is 9.59 Å². The predicted molar refractivity (Wildman–Crippen MR) is 90.2 cm³/mol. The van der Waals surface area contributed by atoms with E-state index in [4.69, 9.17) is 22.1 Å². The zero-order valence-corrected chi connectivity index (χ0v) is 13.4. The number of para-hydroxylation sites is 1. The number of methoxy groups -OCH3 is 1. The van der Waals surface area contributed by atoms with Gasteiger partial charge in [0.1, 0.15) is 5.75 Å². The van der Waals surface area contributed by atoms with Gasteiger partial charge in [0.2, 0.25) is 0 Å². The van der Waals surface area contributed by atoms with Crippen molar-refractivity contribution >= 4 is 40.7 Å². The first-order valence-corrected chi connectivity index (χ1v) is 7.15. The Morgan fingerprint density at radius 1 is 1.04 bits per heavy atom. The number of nitrogens with one attached hydrogen (secondary N) is 2. The van der Waals surface area contributed by atoms with Crippen LogP contribution in [0.15, 0.2) is 42.5 Å². The van der Waals surface area contributed by atoms with Gasteiger partial charge in [0.05, 0.1) is 23.4 Å². The van der Waals surface area contributed by atoms with Crippen LogP contribution in [0.1, 0.15) is 10.4 Å². The Morgan fingerprint density at radius 2 is 1.71 bits per heavy atom. The van der Waals surface area contributed by atoms with E-state index in [2.05, 4.69) is 10.6 Å². The summed E-state index contributed by atoms with van der Waals surface area (Å²) in [6.07, 6.45) is 0. The van der Waals surface area contributed by atoms with Gasteiger partial charge in [-0.2, -0.15) is 0 Å². The highest BCUT2D eigenvalue weighted by Gasteiger charge is 2.17. The van der Waals surface area contributed by atoms with E-state index >= 15 is 0 Å². The molecule has 0 fully saturated rings. The topological polar surface area (TPSA) is 111 Å². The van der Waals surface area contributed by atoms with Gasteiger partial charge < -0.3 is 21.1 Å². The maximum absolute atomic E-state index is 12.0. The van der Waals surface area contributed by atoms with Crippen LogP contribution in [0.2, 0.25) is 5.02 Å². The smallest absolute Gasteiger partial charge is 0.314 e. The van der Waals surface area contributed by atoms with E-state index in [1.165, 1.54) is 31.4 Å². The summed E-state index contributed by atoms with van der Waals surface area (Å²) in [6.45, 7) is 0. The van der Waals surface area contributed by atoms with Gasteiger partial charge in [-0.3, -0.25) is 14.4 Å². The number of rotatable bonds is 4. The van der Waals surface area contributed by atoms with Gasteiger partial charge >= 0.3 is 11.8 Å². The Kier molecular flexibility index (Phi) is 5.39. The lowest BCUT2D eigenvalue weighted by Crippen LogP contribution is -2.30. The summed E-state index contributed by atoms with van der Waals surface area (Å²) in [7, 11) is 1.46. The molecule has 0 radical (unpaired) electrons. The highest BCUT2D eigenvalue weighted by atomic mass is 35.5. The van der Waals surface area contributed by atoms with Crippen molar-refractivity contribution in [3.05, 3.63) is 53.1 Å². The molecule has 4 N–H and O–H groups in total. The number of anilines is 2. The van der Waals surface area contributed by atoms with Crippen LogP contribution >= 0.6 is 11.6 Å². The van der Waals surface area contributed by atoms with Gasteiger partial charge in [-0.15, -0.1) is 0 Å². The molecule has 2 aromatic carbocycles. The summed E-state index contributed by atoms with van der Waals surface area (Å²) in [5.74, 6) is -2.14. The summed E-state index contributed by atoms with van der Waals surface area (Å²) >= 11 is 5.95. The number of nitrogens with two attached hydrogens (primary N) is 1. The Bertz CT molecular complexity index is 808. The Labute approximate surface area is 142 Å². The Balaban J connectivity index is 2.09. The summed E-state index contributed by atoms with van der Waals surface area (Å²) in [5, 5.41) is 5.02. The molecule has 3 amide bonds. The van der Waals surface area contributed by atoms with Gasteiger partial charge in [0, 0.05) is 5.69 Å². The number of hydrogen-bond donors (Lipinski definition) is 3. The molecule has 7 nitrogen and oxygen atoms in total. The molecule has 0 saturated carbocycles. The van der Waals surface area contributed by atoms with E-state index in [0.717, 1.165) is 0 Å². The van der Waals surface area contributed by atoms with Crippen molar-refractivity contribution < 1.29 is 19.1 Å². The first kappa shape index (κ1) is 17.3. The number of carbonyl (C=O) groups excluding carboxylic acids is 3. The molecule has 0 spiro atoms. The minimum Gasteiger partial charge on any atom is -0.495 e. The third-order valence-electron chi connectivity index (χ3n) is 3.06. The fourth-order valence-corrected chi connectivity index (χ4v) is 2.18. The summed E-state index contributed by atoms with van der Waals surface area (Å²) < 4.78 is 5.00. The maximum Gasteiger partial charge on any atom is 0.314 e. The molecule has 0 bridgehead atoms. The fourth-order valence-electron chi connectivity index (χ4n) is 1.92. The predicted octanol–water partition coefficient (Wildman–Crippen LogP) is 2.02. The quantitative estimate of drug-likeness (QED) is 0.735. The maximum atomic E-state index is 12.0. The monoisotopic (exact) mass is 347 g/mol. The Hall–Kier alpha value is -3.06. The molecule has 0 saturated heterocycles. The lowest BCUT2D eigenvalue weighted by Gasteiger charge is -2.10. The molecule has 2 rings (SSSR count). The van der Waals surface area contributed by atoms with Crippen molar-refractivity contribution in [1.29, 1.82) is 0 Å². The standard InChI is InChI=1S/C16H14ClN3O4/c1-24-13-7-6-9(8-11(13)17)19-15(22)16(23)20-12-5-3-2-4-10(12)14(18)21/h2-8H,1H3,(H2,18,21)(H,19,22)(H,20,23). The van der Waals surface area contributed by atoms with Gasteiger partial charge in [-0.25, -0.2) is 0 Å². The Morgan fingerprint density at radius 3 is 2.33 bits per heavy atom. The van der Waals surface area contributed by atoms with Crippen molar-refractivity contribution in [1.82, 2.24) is 0 Å². The molecule has 24 heavy (non-hydrogen) atoms. The van der Waals surface area contributed by atoms with Crippen molar-refractivity contribution in [3.8, 4) is 5.75 Å². The highest BCUT2D eigenvalue weighted by Crippen LogP contribution is 2.27. The lowest BCUT2D eigenvalue weighted by molar-refractivity contribution is -0.133. The third-order valence-corrected chi connectivity index (χ3v) is 3.35. The third kappa shape index (κ3) is 4.02. The second-order valence-electron chi connectivity index (χ2n) is 4.67. The molecular formula is C16H14ClN3O4. The van der Waals surface area contributed by atoms with E-state index in [0.29, 0.717) is 11.4 Å². The van der Waals surface area contributed by atoms with E-state index in [9.17, 15) is 14.4 Å². The second kappa shape index (κ2) is 7.47. The average Bonchev–Trinajstić information content (AvgIpc) is 2.55. The zero-order chi connectivity index (χ0) is 17.7. The number of primary amides is 1. The van der Waals surface area contributed by atoms with Gasteiger partial charge in [-0.1, -0.05) is 23.7 Å². The summed E-state index contributed by atoms with van der Waals surface area (Å²) in [4.78, 5) is 35.2. The normalized spacial score (nSPS) is 9.92. The van der Waals surface area contributed by atoms with Crippen LogP contribution in [0.3, 0.4) is 0 Å². The molecule has 0 unspecified atom stereocenters. The van der Waals surface area contributed by atoms with Crippen LogP contribution in [0.25, 0.3) is 0 Å². The SMILES string of the molecule is COc1ccc(NC(=O)C(=O)Nc2ccccc2C(N)=O)cc1Cl. The van der Waals surface area contributed by atoms with E-state index < -0.39 is 17.7 Å². The number of ether oxygens (including phenoxy) is 1. The summed E-state index contributed by atoms with van der Waals surface area (Å²) in [6, 6.07) is 10.6. The molecule has 124 valence electrons. The molecule has 0 heterocycles. The van der Waals surface area contributed by atoms with Crippen LogP contribution in [-0.4, -0.2) is 24.8 Å².